The van der Waals surface area contributed by atoms with Crippen molar-refractivity contribution in [3.8, 4) is 6.07 Å². The highest BCUT2D eigenvalue weighted by Gasteiger charge is 2.22. The Morgan fingerprint density at radius 2 is 2.12 bits per heavy atom. The average Bonchev–Trinajstić information content (AvgIpc) is 2.25. The molecular formula is C10H9BrClNO2S. The molecule has 0 amide bonds. The number of aryl methyl sites for hydroxylation is 1. The predicted octanol–water partition coefficient (Wildman–Crippen LogP) is 2.94. The molecule has 0 unspecified atom stereocenters. The Bertz CT molecular complexity index is 549. The molecule has 3 nitrogen and oxygen atoms in total. The molecule has 1 aromatic rings. The summed E-state index contributed by atoms with van der Waals surface area (Å²) in [5, 5.41) is 9.23. The highest BCUT2D eigenvalue weighted by atomic mass is 79.9. The van der Waals surface area contributed by atoms with Crippen LogP contribution in [-0.4, -0.2) is 8.42 Å². The van der Waals surface area contributed by atoms with E-state index in [1.165, 1.54) is 6.07 Å². The molecular weight excluding hydrogens is 314 g/mol. The Balaban J connectivity index is 3.72. The second-order valence-electron chi connectivity index (χ2n) is 3.12. The fourth-order valence-corrected chi connectivity index (χ4v) is 3.74. The first-order valence-electron chi connectivity index (χ1n) is 4.51. The molecule has 0 atom stereocenters. The first-order valence-corrected chi connectivity index (χ1v) is 7.94. The summed E-state index contributed by atoms with van der Waals surface area (Å²) in [4.78, 5) is -0.0760. The van der Waals surface area contributed by atoms with Gasteiger partial charge in [0.05, 0.1) is 5.56 Å². The summed E-state index contributed by atoms with van der Waals surface area (Å²) in [6, 6.07) is 5.08. The lowest BCUT2D eigenvalue weighted by atomic mass is 10.0. The molecule has 1 rings (SSSR count). The van der Waals surface area contributed by atoms with Gasteiger partial charge in [0.25, 0.3) is 9.05 Å². The maximum atomic E-state index is 11.5. The van der Waals surface area contributed by atoms with Crippen LogP contribution in [0.25, 0.3) is 0 Å². The van der Waals surface area contributed by atoms with Gasteiger partial charge in [0.15, 0.2) is 0 Å². The van der Waals surface area contributed by atoms with Crippen LogP contribution in [0.15, 0.2) is 17.0 Å². The average molecular weight is 323 g/mol. The van der Waals surface area contributed by atoms with E-state index in [-0.39, 0.29) is 10.5 Å². The van der Waals surface area contributed by atoms with Crippen molar-refractivity contribution < 1.29 is 8.42 Å². The molecule has 0 saturated carbocycles. The molecule has 6 heteroatoms. The van der Waals surface area contributed by atoms with Crippen molar-refractivity contribution in [1.29, 1.82) is 5.26 Å². The number of rotatable bonds is 3. The maximum absolute atomic E-state index is 11.5. The molecule has 0 N–H and O–H groups in total. The maximum Gasteiger partial charge on any atom is 0.262 e. The lowest BCUT2D eigenvalue weighted by Gasteiger charge is -2.10. The summed E-state index contributed by atoms with van der Waals surface area (Å²) in [6.45, 7) is 1.91. The Hall–Kier alpha value is -0.570. The zero-order valence-electron chi connectivity index (χ0n) is 8.50. The summed E-state index contributed by atoms with van der Waals surface area (Å²) in [6.07, 6.45) is 0.687. The third-order valence-corrected chi connectivity index (χ3v) is 4.21. The Morgan fingerprint density at radius 3 is 2.50 bits per heavy atom. The number of nitriles is 1. The van der Waals surface area contributed by atoms with Crippen molar-refractivity contribution in [2.75, 3.05) is 0 Å². The van der Waals surface area contributed by atoms with E-state index in [0.717, 1.165) is 5.56 Å². The minimum atomic E-state index is -3.90. The number of alkyl halides is 1. The fourth-order valence-electron chi connectivity index (χ4n) is 1.51. The monoisotopic (exact) mass is 321 g/mol. The highest BCUT2D eigenvalue weighted by Crippen LogP contribution is 2.29. The van der Waals surface area contributed by atoms with Gasteiger partial charge < -0.3 is 0 Å². The number of hydrogen-bond acceptors (Lipinski definition) is 3. The fraction of sp³-hybridized carbons (Fsp3) is 0.300. The molecule has 0 radical (unpaired) electrons. The van der Waals surface area contributed by atoms with Gasteiger partial charge in [0.2, 0.25) is 0 Å². The first-order chi connectivity index (χ1) is 7.45. The van der Waals surface area contributed by atoms with Crippen LogP contribution in [0.2, 0.25) is 0 Å². The number of benzene rings is 1. The molecule has 0 spiro atoms. The van der Waals surface area contributed by atoms with Gasteiger partial charge in [-0.2, -0.15) is 5.26 Å². The Kier molecular flexibility index (Phi) is 4.36. The third kappa shape index (κ3) is 2.57. The molecule has 0 heterocycles. The number of nitrogens with zero attached hydrogens (tertiary/aromatic N) is 1. The van der Waals surface area contributed by atoms with E-state index in [4.69, 9.17) is 15.9 Å². The van der Waals surface area contributed by atoms with E-state index in [0.29, 0.717) is 17.3 Å². The van der Waals surface area contributed by atoms with Crippen molar-refractivity contribution in [3.63, 3.8) is 0 Å². The SMILES string of the molecule is CCc1ccc(C#N)c(S(=O)(=O)Cl)c1CBr. The van der Waals surface area contributed by atoms with Crippen LogP contribution in [-0.2, 0) is 20.8 Å². The van der Waals surface area contributed by atoms with E-state index in [1.54, 1.807) is 6.07 Å². The summed E-state index contributed by atoms with van der Waals surface area (Å²) >= 11 is 3.22. The quantitative estimate of drug-likeness (QED) is 0.635. The third-order valence-electron chi connectivity index (χ3n) is 2.24. The molecule has 0 aliphatic carbocycles. The van der Waals surface area contributed by atoms with Gasteiger partial charge in [-0.15, -0.1) is 0 Å². The topological polar surface area (TPSA) is 57.9 Å². The van der Waals surface area contributed by atoms with Crippen LogP contribution in [0.4, 0.5) is 0 Å². The van der Waals surface area contributed by atoms with E-state index < -0.39 is 9.05 Å². The molecule has 1 aromatic carbocycles. The Morgan fingerprint density at radius 1 is 1.50 bits per heavy atom. The molecule has 0 bridgehead atoms. The van der Waals surface area contributed by atoms with E-state index in [2.05, 4.69) is 15.9 Å². The van der Waals surface area contributed by atoms with Crippen LogP contribution in [0.3, 0.4) is 0 Å². The van der Waals surface area contributed by atoms with E-state index in [1.807, 2.05) is 13.0 Å². The lowest BCUT2D eigenvalue weighted by molar-refractivity contribution is 0.608. The van der Waals surface area contributed by atoms with Crippen LogP contribution in [0, 0.1) is 11.3 Å². The second kappa shape index (κ2) is 5.17. The smallest absolute Gasteiger partial charge is 0.207 e. The van der Waals surface area contributed by atoms with Crippen LogP contribution in [0.1, 0.15) is 23.6 Å². The molecule has 86 valence electrons. The predicted molar refractivity (Wildman–Crippen MR) is 66.2 cm³/mol. The molecule has 0 aliphatic rings. The van der Waals surface area contributed by atoms with E-state index >= 15 is 0 Å². The molecule has 0 aromatic heterocycles. The highest BCUT2D eigenvalue weighted by molar-refractivity contribution is 9.08. The Labute approximate surface area is 108 Å². The van der Waals surface area contributed by atoms with Crippen LogP contribution in [0.5, 0.6) is 0 Å². The summed E-state index contributed by atoms with van der Waals surface area (Å²) in [5.41, 5.74) is 1.52. The summed E-state index contributed by atoms with van der Waals surface area (Å²) < 4.78 is 22.9. The van der Waals surface area contributed by atoms with Crippen molar-refractivity contribution in [3.05, 3.63) is 28.8 Å². The standard InChI is InChI=1S/C10H9BrClNO2S/c1-2-7-3-4-8(6-13)10(9(7)5-11)16(12,14)15/h3-4H,2,5H2,1H3. The minimum absolute atomic E-state index is 0.0760. The molecule has 0 aliphatic heterocycles. The number of hydrogen-bond donors (Lipinski definition) is 0. The molecule has 0 fully saturated rings. The zero-order valence-corrected chi connectivity index (χ0v) is 11.7. The summed E-state index contributed by atoms with van der Waals surface area (Å²) in [5.74, 6) is 0. The zero-order chi connectivity index (χ0) is 12.3. The largest absolute Gasteiger partial charge is 0.262 e. The van der Waals surface area contributed by atoms with Gasteiger partial charge in [0, 0.05) is 16.0 Å². The molecule has 0 saturated heterocycles. The lowest BCUT2D eigenvalue weighted by Crippen LogP contribution is -2.04. The van der Waals surface area contributed by atoms with Crippen molar-refractivity contribution in [2.24, 2.45) is 0 Å². The van der Waals surface area contributed by atoms with Crippen molar-refractivity contribution >= 4 is 35.7 Å². The first kappa shape index (κ1) is 13.5. The molecule has 16 heavy (non-hydrogen) atoms. The van der Waals surface area contributed by atoms with Crippen LogP contribution < -0.4 is 0 Å². The van der Waals surface area contributed by atoms with Crippen LogP contribution >= 0.6 is 26.6 Å². The van der Waals surface area contributed by atoms with Gasteiger partial charge in [-0.1, -0.05) is 28.9 Å². The van der Waals surface area contributed by atoms with Gasteiger partial charge in [0.1, 0.15) is 11.0 Å². The van der Waals surface area contributed by atoms with E-state index in [9.17, 15) is 8.42 Å². The van der Waals surface area contributed by atoms with Gasteiger partial charge in [-0.25, -0.2) is 8.42 Å². The normalized spacial score (nSPS) is 11.1. The second-order valence-corrected chi connectivity index (χ2v) is 6.18. The van der Waals surface area contributed by atoms with Gasteiger partial charge in [-0.05, 0) is 23.6 Å². The van der Waals surface area contributed by atoms with Crippen molar-refractivity contribution in [1.82, 2.24) is 0 Å². The van der Waals surface area contributed by atoms with Gasteiger partial charge >= 0.3 is 0 Å². The van der Waals surface area contributed by atoms with Gasteiger partial charge in [-0.3, -0.25) is 0 Å². The minimum Gasteiger partial charge on any atom is -0.207 e. The summed E-state index contributed by atoms with van der Waals surface area (Å²) in [7, 11) is 1.45. The number of halogens is 2. The van der Waals surface area contributed by atoms with Crippen molar-refractivity contribution in [2.45, 2.75) is 23.6 Å².